The van der Waals surface area contributed by atoms with Gasteiger partial charge in [-0.2, -0.15) is 13.5 Å². The van der Waals surface area contributed by atoms with E-state index in [4.69, 9.17) is 21.3 Å². The number of methoxy groups -OCH3 is 1. The molecule has 0 saturated carbocycles. The van der Waals surface area contributed by atoms with Gasteiger partial charge >= 0.3 is 0 Å². The second-order valence-electron chi connectivity index (χ2n) is 10.3. The zero-order valence-corrected chi connectivity index (χ0v) is 25.0. The van der Waals surface area contributed by atoms with Crippen LogP contribution >= 0.6 is 25.1 Å². The summed E-state index contributed by atoms with van der Waals surface area (Å²) in [6.45, 7) is 2.39. The molecule has 3 aromatic carbocycles. The van der Waals surface area contributed by atoms with E-state index in [1.54, 1.807) is 30.3 Å². The van der Waals surface area contributed by atoms with Crippen LogP contribution < -0.4 is 10.1 Å². The smallest absolute Gasteiger partial charge is 0.217 e. The fraction of sp³-hybridized carbons (Fsp3) is 0.300. The van der Waals surface area contributed by atoms with E-state index in [9.17, 15) is 17.9 Å². The van der Waals surface area contributed by atoms with E-state index in [0.29, 0.717) is 46.8 Å². The second-order valence-corrected chi connectivity index (χ2v) is 12.7. The van der Waals surface area contributed by atoms with Gasteiger partial charge in [-0.3, -0.25) is 0 Å². The Labute approximate surface area is 245 Å². The molecule has 0 spiro atoms. The van der Waals surface area contributed by atoms with Gasteiger partial charge in [-0.1, -0.05) is 29.8 Å². The van der Waals surface area contributed by atoms with Gasteiger partial charge in [0.1, 0.15) is 5.82 Å². The van der Waals surface area contributed by atoms with Gasteiger partial charge in [0.15, 0.2) is 9.84 Å². The van der Waals surface area contributed by atoms with Crippen molar-refractivity contribution in [3.05, 3.63) is 99.8 Å². The molecule has 1 fully saturated rings. The minimum Gasteiger partial charge on any atom is -0.481 e. The number of nitrogens with zero attached hydrogens (tertiary/aromatic N) is 1. The summed E-state index contributed by atoms with van der Waals surface area (Å²) in [5.41, 5.74) is 2.51. The first kappa shape index (κ1) is 30.3. The molecule has 2 heterocycles. The van der Waals surface area contributed by atoms with Gasteiger partial charge < -0.3 is 15.2 Å². The summed E-state index contributed by atoms with van der Waals surface area (Å²) in [5.74, 6) is -0.535. The van der Waals surface area contributed by atoms with E-state index in [1.165, 1.54) is 25.3 Å². The van der Waals surface area contributed by atoms with Crippen LogP contribution in [0.1, 0.15) is 47.1 Å². The summed E-state index contributed by atoms with van der Waals surface area (Å²) < 4.78 is 44.1. The Morgan fingerprint density at radius 2 is 1.85 bits per heavy atom. The number of aryl methyl sites for hydroxylation is 1. The maximum atomic E-state index is 13.8. The SMILES string of the molecule is COc1nc2ccc(S(C)(=O)=O)cc2cc1C(c1ccc(Cl)cc1)C1(O)CCNC(c2ccc(F)cc2C)C1.S. The highest BCUT2D eigenvalue weighted by Gasteiger charge is 2.44. The number of nitrogens with one attached hydrogen (secondary N) is 1. The number of pyridine rings is 1. The lowest BCUT2D eigenvalue weighted by molar-refractivity contribution is -0.0197. The number of aliphatic hydroxyl groups is 1. The normalized spacial score (nSPS) is 20.1. The quantitative estimate of drug-likeness (QED) is 0.288. The molecule has 5 rings (SSSR count). The first-order valence-corrected chi connectivity index (χ1v) is 14.9. The van der Waals surface area contributed by atoms with Crippen molar-refractivity contribution in [2.75, 3.05) is 19.9 Å². The molecule has 1 saturated heterocycles. The van der Waals surface area contributed by atoms with Crippen molar-refractivity contribution in [3.63, 3.8) is 0 Å². The highest BCUT2D eigenvalue weighted by atomic mass is 35.5. The molecule has 2 N–H and O–H groups in total. The van der Waals surface area contributed by atoms with Gasteiger partial charge in [0, 0.05) is 34.2 Å². The van der Waals surface area contributed by atoms with Gasteiger partial charge in [-0.05, 0) is 91.5 Å². The van der Waals surface area contributed by atoms with Crippen LogP contribution in [-0.4, -0.2) is 44.0 Å². The number of hydrogen-bond acceptors (Lipinski definition) is 6. The van der Waals surface area contributed by atoms with E-state index >= 15 is 0 Å². The van der Waals surface area contributed by atoms with Gasteiger partial charge in [0.2, 0.25) is 5.88 Å². The molecule has 4 aromatic rings. The molecule has 10 heteroatoms. The lowest BCUT2D eigenvalue weighted by atomic mass is 9.70. The molecule has 212 valence electrons. The fourth-order valence-electron chi connectivity index (χ4n) is 5.69. The third kappa shape index (κ3) is 5.99. The van der Waals surface area contributed by atoms with Crippen LogP contribution in [0.4, 0.5) is 4.39 Å². The van der Waals surface area contributed by atoms with Gasteiger partial charge in [-0.15, -0.1) is 0 Å². The molecule has 3 atom stereocenters. The number of ether oxygens (including phenoxy) is 1. The highest BCUT2D eigenvalue weighted by Crippen LogP contribution is 2.47. The lowest BCUT2D eigenvalue weighted by Crippen LogP contribution is -2.48. The van der Waals surface area contributed by atoms with Crippen LogP contribution in [-0.2, 0) is 9.84 Å². The number of fused-ring (bicyclic) bond motifs is 1. The first-order valence-electron chi connectivity index (χ1n) is 12.6. The zero-order valence-electron chi connectivity index (χ0n) is 22.4. The number of halogens is 2. The molecular weight excluding hydrogens is 571 g/mol. The molecule has 0 bridgehead atoms. The van der Waals surface area contributed by atoms with Crippen molar-refractivity contribution in [2.45, 2.75) is 42.2 Å². The molecule has 0 radical (unpaired) electrons. The minimum absolute atomic E-state index is 0. The van der Waals surface area contributed by atoms with Crippen molar-refractivity contribution in [1.82, 2.24) is 10.3 Å². The Morgan fingerprint density at radius 1 is 1.12 bits per heavy atom. The zero-order chi connectivity index (χ0) is 27.9. The molecule has 3 unspecified atom stereocenters. The summed E-state index contributed by atoms with van der Waals surface area (Å²) in [4.78, 5) is 4.88. The number of sulfone groups is 1. The molecule has 1 aliphatic rings. The third-order valence-electron chi connectivity index (χ3n) is 7.57. The average molecular weight is 603 g/mol. The van der Waals surface area contributed by atoms with Crippen LogP contribution in [0.15, 0.2) is 71.6 Å². The Morgan fingerprint density at radius 3 is 2.50 bits per heavy atom. The fourth-order valence-corrected chi connectivity index (χ4v) is 6.47. The number of rotatable bonds is 6. The highest BCUT2D eigenvalue weighted by molar-refractivity contribution is 7.90. The molecule has 40 heavy (non-hydrogen) atoms. The number of piperidine rings is 1. The summed E-state index contributed by atoms with van der Waals surface area (Å²) >= 11 is 6.22. The van der Waals surface area contributed by atoms with Crippen LogP contribution in [0.5, 0.6) is 5.88 Å². The first-order chi connectivity index (χ1) is 18.5. The summed E-state index contributed by atoms with van der Waals surface area (Å²) in [6, 6.07) is 18.4. The van der Waals surface area contributed by atoms with E-state index in [1.807, 2.05) is 25.1 Å². The topological polar surface area (TPSA) is 88.5 Å². The maximum absolute atomic E-state index is 13.8. The number of hydrogen-bond donors (Lipinski definition) is 2. The standard InChI is InChI=1S/C30H30ClFN2O4S.H2S/c1-18-14-22(32)8-10-24(18)27-17-30(35,12-13-33-27)28(19-4-6-21(31)7-5-19)25-16-20-15-23(39(3,36)37)9-11-26(20)34-29(25)38-2;/h4-11,14-16,27-28,33,35H,12-13,17H2,1-3H3;1H2. The van der Waals surface area contributed by atoms with Crippen LogP contribution in [0.25, 0.3) is 10.9 Å². The van der Waals surface area contributed by atoms with E-state index in [-0.39, 0.29) is 30.3 Å². The van der Waals surface area contributed by atoms with Gasteiger partial charge in [0.25, 0.3) is 0 Å². The van der Waals surface area contributed by atoms with E-state index in [2.05, 4.69) is 5.32 Å². The Bertz CT molecular complexity index is 1650. The predicted molar refractivity (Wildman–Crippen MR) is 161 cm³/mol. The molecular formula is C30H32ClFN2O4S2. The van der Waals surface area contributed by atoms with Crippen molar-refractivity contribution in [1.29, 1.82) is 0 Å². The molecule has 0 aliphatic carbocycles. The van der Waals surface area contributed by atoms with Gasteiger partial charge in [0.05, 0.1) is 23.1 Å². The Kier molecular flexibility index (Phi) is 8.82. The Balaban J connectivity index is 0.00000370. The third-order valence-corrected chi connectivity index (χ3v) is 8.93. The van der Waals surface area contributed by atoms with Crippen LogP contribution in [0.2, 0.25) is 5.02 Å². The van der Waals surface area contributed by atoms with Crippen molar-refractivity contribution in [2.24, 2.45) is 0 Å². The molecule has 1 aliphatic heterocycles. The lowest BCUT2D eigenvalue weighted by Gasteiger charge is -2.44. The van der Waals surface area contributed by atoms with Crippen molar-refractivity contribution < 1.29 is 22.7 Å². The van der Waals surface area contributed by atoms with Gasteiger partial charge in [-0.25, -0.2) is 17.8 Å². The largest absolute Gasteiger partial charge is 0.481 e. The van der Waals surface area contributed by atoms with Crippen molar-refractivity contribution in [3.8, 4) is 5.88 Å². The van der Waals surface area contributed by atoms with E-state index < -0.39 is 21.4 Å². The van der Waals surface area contributed by atoms with Crippen LogP contribution in [0.3, 0.4) is 0 Å². The maximum Gasteiger partial charge on any atom is 0.217 e. The van der Waals surface area contributed by atoms with E-state index in [0.717, 1.165) is 22.9 Å². The Hall–Kier alpha value is -2.69. The molecule has 1 aromatic heterocycles. The minimum atomic E-state index is -3.44. The van der Waals surface area contributed by atoms with Crippen molar-refractivity contribution >= 4 is 45.8 Å². The summed E-state index contributed by atoms with van der Waals surface area (Å²) in [7, 11) is -1.91. The summed E-state index contributed by atoms with van der Waals surface area (Å²) in [6.07, 6.45) is 1.94. The molecule has 6 nitrogen and oxygen atoms in total. The monoisotopic (exact) mass is 602 g/mol. The number of benzene rings is 3. The summed E-state index contributed by atoms with van der Waals surface area (Å²) in [5, 5.41) is 17.1. The average Bonchev–Trinajstić information content (AvgIpc) is 2.88. The van der Waals surface area contributed by atoms with Crippen LogP contribution in [0, 0.1) is 12.7 Å². The second kappa shape index (κ2) is 11.7. The number of aromatic nitrogens is 1. The molecule has 0 amide bonds. The predicted octanol–water partition coefficient (Wildman–Crippen LogP) is 5.85.